The second-order valence-corrected chi connectivity index (χ2v) is 8.71. The Morgan fingerprint density at radius 2 is 1.96 bits per heavy atom. The monoisotopic (exact) mass is 405 g/mol. The van der Waals surface area contributed by atoms with Gasteiger partial charge in [-0.05, 0) is 37.3 Å². The van der Waals surface area contributed by atoms with E-state index in [1.165, 1.54) is 21.3 Å². The molecule has 1 amide bonds. The minimum atomic E-state index is -4.83. The summed E-state index contributed by atoms with van der Waals surface area (Å²) in [5, 5.41) is 0. The summed E-state index contributed by atoms with van der Waals surface area (Å²) in [6, 6.07) is 4.15. The molecule has 1 saturated carbocycles. The average Bonchev–Trinajstić information content (AvgIpc) is 3.21. The third-order valence-corrected chi connectivity index (χ3v) is 6.87. The maximum atomic E-state index is 12.6. The topological polar surface area (TPSA) is 79.0 Å². The molecule has 3 saturated heterocycles. The smallest absolute Gasteiger partial charge is 0.406 e. The van der Waals surface area contributed by atoms with E-state index >= 15 is 0 Å². The van der Waals surface area contributed by atoms with Crippen LogP contribution >= 0.6 is 0 Å². The number of halogens is 3. The molecule has 3 aliphatic heterocycles. The number of benzene rings is 1. The van der Waals surface area contributed by atoms with Gasteiger partial charge in [0.05, 0.1) is 0 Å². The van der Waals surface area contributed by atoms with E-state index in [1.54, 1.807) is 0 Å². The molecule has 3 heterocycles. The summed E-state index contributed by atoms with van der Waals surface area (Å²) >= 11 is 0. The highest BCUT2D eigenvalue weighted by molar-refractivity contribution is 7.87. The number of anilines is 1. The molecule has 148 valence electrons. The zero-order valence-electron chi connectivity index (χ0n) is 14.1. The lowest BCUT2D eigenvalue weighted by Crippen LogP contribution is -2.49. The molecule has 4 fully saturated rings. The minimum Gasteiger partial charge on any atom is -0.406 e. The fourth-order valence-electron chi connectivity index (χ4n) is 3.92. The van der Waals surface area contributed by atoms with Crippen molar-refractivity contribution in [2.75, 3.05) is 18.0 Å². The number of amides is 1. The number of hydrogen-bond donors (Lipinski definition) is 1. The van der Waals surface area contributed by atoms with Gasteiger partial charge in [-0.25, -0.2) is 0 Å². The van der Waals surface area contributed by atoms with Gasteiger partial charge in [-0.2, -0.15) is 17.4 Å². The Morgan fingerprint density at radius 1 is 1.22 bits per heavy atom. The molecule has 0 aromatic heterocycles. The summed E-state index contributed by atoms with van der Waals surface area (Å²) in [6.07, 6.45) is -2.87. The Morgan fingerprint density at radius 3 is 2.59 bits per heavy atom. The second-order valence-electron chi connectivity index (χ2n) is 7.06. The summed E-state index contributed by atoms with van der Waals surface area (Å²) in [5.74, 6) is -0.526. The molecule has 1 aromatic carbocycles. The molecule has 0 spiro atoms. The molecule has 1 unspecified atom stereocenters. The highest BCUT2D eigenvalue weighted by Crippen LogP contribution is 2.42. The van der Waals surface area contributed by atoms with Crippen LogP contribution in [-0.4, -0.2) is 50.2 Å². The maximum Gasteiger partial charge on any atom is 0.573 e. The first kappa shape index (κ1) is 18.5. The summed E-state index contributed by atoms with van der Waals surface area (Å²) in [4.78, 5) is 13.9. The minimum absolute atomic E-state index is 0.0105. The number of hydrogen-bond acceptors (Lipinski definition) is 4. The number of rotatable bonds is 5. The highest BCUT2D eigenvalue weighted by atomic mass is 32.2. The first-order chi connectivity index (χ1) is 12.6. The molecule has 1 aliphatic carbocycles. The van der Waals surface area contributed by atoms with Gasteiger partial charge in [0.1, 0.15) is 11.8 Å². The fraction of sp³-hybridized carbons (Fsp3) is 0.562. The Bertz CT molecular complexity index is 855. The predicted molar refractivity (Wildman–Crippen MR) is 89.2 cm³/mol. The molecule has 4 aliphatic rings. The lowest BCUT2D eigenvalue weighted by Gasteiger charge is -2.26. The number of nitrogens with zero attached hydrogens (tertiary/aromatic N) is 2. The largest absolute Gasteiger partial charge is 0.573 e. The van der Waals surface area contributed by atoms with E-state index in [0.717, 1.165) is 25.0 Å². The third-order valence-electron chi connectivity index (χ3n) is 5.22. The molecule has 0 radical (unpaired) electrons. The average molecular weight is 405 g/mol. The van der Waals surface area contributed by atoms with E-state index in [0.29, 0.717) is 12.5 Å². The van der Waals surface area contributed by atoms with Crippen LogP contribution in [0.4, 0.5) is 18.9 Å². The summed E-state index contributed by atoms with van der Waals surface area (Å²) in [5.41, 5.74) is 0.229. The first-order valence-electron chi connectivity index (χ1n) is 8.59. The SMILES string of the molecule is O=C1C(NS(=O)(=O)N2CC3CC2C3)CCN1c1cccc(OC(F)(F)F)c1. The van der Waals surface area contributed by atoms with E-state index in [9.17, 15) is 26.4 Å². The zero-order valence-corrected chi connectivity index (χ0v) is 15.0. The van der Waals surface area contributed by atoms with Crippen molar-refractivity contribution >= 4 is 21.8 Å². The number of carbonyl (C=O) groups excluding carboxylic acids is 1. The first-order valence-corrected chi connectivity index (χ1v) is 10.0. The lowest BCUT2D eigenvalue weighted by molar-refractivity contribution is -0.274. The van der Waals surface area contributed by atoms with Crippen molar-refractivity contribution in [1.29, 1.82) is 0 Å². The van der Waals surface area contributed by atoms with Crippen LogP contribution in [0.25, 0.3) is 0 Å². The molecule has 1 atom stereocenters. The quantitative estimate of drug-likeness (QED) is 0.808. The van der Waals surface area contributed by atoms with Crippen molar-refractivity contribution in [3.8, 4) is 5.75 Å². The Kier molecular flexibility index (Phi) is 4.35. The van der Waals surface area contributed by atoms with Gasteiger partial charge >= 0.3 is 6.36 Å². The van der Waals surface area contributed by atoms with Gasteiger partial charge in [0.15, 0.2) is 0 Å². The van der Waals surface area contributed by atoms with Crippen LogP contribution in [0.3, 0.4) is 0 Å². The number of ether oxygens (including phenoxy) is 1. The van der Waals surface area contributed by atoms with Crippen molar-refractivity contribution in [1.82, 2.24) is 9.03 Å². The fourth-order valence-corrected chi connectivity index (χ4v) is 5.61. The number of alkyl halides is 3. The lowest BCUT2D eigenvalue weighted by atomic mass is 9.87. The third kappa shape index (κ3) is 3.63. The second kappa shape index (κ2) is 6.35. The zero-order chi connectivity index (χ0) is 19.4. The molecular weight excluding hydrogens is 387 g/mol. The van der Waals surface area contributed by atoms with E-state index in [4.69, 9.17) is 0 Å². The van der Waals surface area contributed by atoms with E-state index in [1.807, 2.05) is 0 Å². The van der Waals surface area contributed by atoms with E-state index < -0.39 is 34.3 Å². The molecule has 5 rings (SSSR count). The predicted octanol–water partition coefficient (Wildman–Crippen LogP) is 1.62. The van der Waals surface area contributed by atoms with E-state index in [2.05, 4.69) is 9.46 Å². The van der Waals surface area contributed by atoms with Crippen molar-refractivity contribution in [3.05, 3.63) is 24.3 Å². The van der Waals surface area contributed by atoms with Crippen LogP contribution in [0.2, 0.25) is 0 Å². The van der Waals surface area contributed by atoms with Gasteiger partial charge in [-0.15, -0.1) is 13.2 Å². The van der Waals surface area contributed by atoms with Crippen LogP contribution in [0.5, 0.6) is 5.75 Å². The van der Waals surface area contributed by atoms with Crippen molar-refractivity contribution in [2.24, 2.45) is 5.92 Å². The van der Waals surface area contributed by atoms with E-state index in [-0.39, 0.29) is 24.7 Å². The number of nitrogens with one attached hydrogen (secondary N) is 1. The van der Waals surface area contributed by atoms with Gasteiger partial charge in [-0.1, -0.05) is 6.07 Å². The molecule has 11 heteroatoms. The number of fused-ring (bicyclic) bond motifs is 1. The van der Waals surface area contributed by atoms with Gasteiger partial charge in [0.25, 0.3) is 10.2 Å². The standard InChI is InChI=1S/C16H18F3N3O4S/c17-16(18,19)26-13-3-1-2-11(8-13)21-5-4-14(15(21)23)20-27(24,25)22-9-10-6-12(22)7-10/h1-3,8,10,12,14,20H,4-7,9H2. The summed E-state index contributed by atoms with van der Waals surface area (Å²) < 4.78 is 69.9. The molecular formula is C16H18F3N3O4S. The summed E-state index contributed by atoms with van der Waals surface area (Å²) in [7, 11) is -3.76. The van der Waals surface area contributed by atoms with Crippen LogP contribution in [0, 0.1) is 5.92 Å². The Hall–Kier alpha value is -1.85. The van der Waals surface area contributed by atoms with Gasteiger partial charge < -0.3 is 9.64 Å². The van der Waals surface area contributed by atoms with Gasteiger partial charge in [0, 0.05) is 30.9 Å². The van der Waals surface area contributed by atoms with Crippen LogP contribution in [-0.2, 0) is 15.0 Å². The van der Waals surface area contributed by atoms with Crippen molar-refractivity contribution in [3.63, 3.8) is 0 Å². The molecule has 27 heavy (non-hydrogen) atoms. The van der Waals surface area contributed by atoms with Gasteiger partial charge in [0.2, 0.25) is 5.91 Å². The maximum absolute atomic E-state index is 12.6. The Balaban J connectivity index is 1.45. The van der Waals surface area contributed by atoms with Crippen molar-refractivity contribution in [2.45, 2.75) is 37.7 Å². The van der Waals surface area contributed by atoms with Crippen LogP contribution in [0.1, 0.15) is 19.3 Å². The Labute approximate surface area is 154 Å². The van der Waals surface area contributed by atoms with Gasteiger partial charge in [-0.3, -0.25) is 4.79 Å². The van der Waals surface area contributed by atoms with Crippen molar-refractivity contribution < 1.29 is 31.1 Å². The van der Waals surface area contributed by atoms with Crippen LogP contribution < -0.4 is 14.4 Å². The van der Waals surface area contributed by atoms with Crippen LogP contribution in [0.15, 0.2) is 24.3 Å². The summed E-state index contributed by atoms with van der Waals surface area (Å²) in [6.45, 7) is 0.676. The molecule has 1 aromatic rings. The molecule has 2 bridgehead atoms. The molecule has 7 nitrogen and oxygen atoms in total. The highest BCUT2D eigenvalue weighted by Gasteiger charge is 2.49. The normalized spacial score (nSPS) is 28.5. The molecule has 1 N–H and O–H groups in total. The number of carbonyl (C=O) groups is 1.